The fraction of sp³-hybridized carbons (Fsp3) is 0.100. The highest BCUT2D eigenvalue weighted by atomic mass is 35.5. The van der Waals surface area contributed by atoms with Gasteiger partial charge >= 0.3 is 0 Å². The summed E-state index contributed by atoms with van der Waals surface area (Å²) in [5, 5.41) is 12.7. The van der Waals surface area contributed by atoms with Crippen LogP contribution in [0, 0.1) is 0 Å². The van der Waals surface area contributed by atoms with Crippen molar-refractivity contribution < 1.29 is 5.11 Å². The first-order valence-corrected chi connectivity index (χ1v) is 9.49. The molecule has 23 heavy (non-hydrogen) atoms. The van der Waals surface area contributed by atoms with E-state index in [1.54, 1.807) is 6.07 Å². The number of phenols is 1. The first-order chi connectivity index (χ1) is 11.2. The summed E-state index contributed by atoms with van der Waals surface area (Å²) >= 11 is 6.02. The molecular formula is C20H18ClOP. The van der Waals surface area contributed by atoms with E-state index in [0.717, 1.165) is 18.1 Å². The molecule has 3 aromatic rings. The molecule has 0 heterocycles. The Labute approximate surface area is 143 Å². The lowest BCUT2D eigenvalue weighted by atomic mass is 10.2. The number of phenolic OH excluding ortho intramolecular Hbond substituents is 1. The molecule has 1 N–H and O–H groups in total. The molecule has 3 heteroatoms. The van der Waals surface area contributed by atoms with Crippen molar-refractivity contribution in [2.24, 2.45) is 0 Å². The summed E-state index contributed by atoms with van der Waals surface area (Å²) in [5.41, 5.74) is 1.16. The number of aromatic hydroxyl groups is 1. The lowest BCUT2D eigenvalue weighted by molar-refractivity contribution is 0.475. The van der Waals surface area contributed by atoms with Gasteiger partial charge in [0.2, 0.25) is 0 Å². The topological polar surface area (TPSA) is 20.2 Å². The summed E-state index contributed by atoms with van der Waals surface area (Å²) < 4.78 is 0. The van der Waals surface area contributed by atoms with Crippen molar-refractivity contribution in [2.75, 3.05) is 6.16 Å². The maximum atomic E-state index is 9.55. The van der Waals surface area contributed by atoms with Gasteiger partial charge in [-0.2, -0.15) is 0 Å². The minimum absolute atomic E-state index is 0.142. The van der Waals surface area contributed by atoms with Gasteiger partial charge in [0, 0.05) is 0 Å². The number of hydrogen-bond donors (Lipinski definition) is 1. The fourth-order valence-corrected chi connectivity index (χ4v) is 5.13. The third kappa shape index (κ3) is 4.13. The highest BCUT2D eigenvalue weighted by molar-refractivity contribution is 7.73. The Bertz CT molecular complexity index is 720. The van der Waals surface area contributed by atoms with Crippen LogP contribution in [0.5, 0.6) is 5.75 Å². The van der Waals surface area contributed by atoms with Crippen LogP contribution in [-0.4, -0.2) is 11.3 Å². The Morgan fingerprint density at radius 3 is 1.87 bits per heavy atom. The molecule has 0 aliphatic carbocycles. The van der Waals surface area contributed by atoms with Gasteiger partial charge in [-0.3, -0.25) is 0 Å². The van der Waals surface area contributed by atoms with Gasteiger partial charge in [0.05, 0.1) is 5.02 Å². The molecule has 0 saturated carbocycles. The van der Waals surface area contributed by atoms with Gasteiger partial charge in [-0.1, -0.05) is 78.3 Å². The Balaban J connectivity index is 1.83. The summed E-state index contributed by atoms with van der Waals surface area (Å²) in [5.74, 6) is 0.142. The molecular weight excluding hydrogens is 323 g/mol. The monoisotopic (exact) mass is 340 g/mol. The van der Waals surface area contributed by atoms with Crippen LogP contribution in [-0.2, 0) is 6.42 Å². The van der Waals surface area contributed by atoms with Gasteiger partial charge in [0.25, 0.3) is 0 Å². The predicted octanol–water partition coefficient (Wildman–Crippen LogP) is 4.72. The molecule has 1 nitrogen and oxygen atoms in total. The third-order valence-electron chi connectivity index (χ3n) is 3.77. The second kappa shape index (κ2) is 7.64. The van der Waals surface area contributed by atoms with Gasteiger partial charge < -0.3 is 5.11 Å². The summed E-state index contributed by atoms with van der Waals surface area (Å²) in [7, 11) is -0.397. The minimum atomic E-state index is -0.397. The molecule has 0 spiro atoms. The molecule has 0 aliphatic rings. The molecule has 0 unspecified atom stereocenters. The van der Waals surface area contributed by atoms with Crippen molar-refractivity contribution in [3.8, 4) is 5.75 Å². The lowest BCUT2D eigenvalue weighted by Gasteiger charge is -2.19. The maximum Gasteiger partial charge on any atom is 0.134 e. The molecule has 0 atom stereocenters. The van der Waals surface area contributed by atoms with Crippen LogP contribution >= 0.6 is 19.5 Å². The van der Waals surface area contributed by atoms with Gasteiger partial charge in [0.15, 0.2) is 0 Å². The zero-order valence-electron chi connectivity index (χ0n) is 12.7. The largest absolute Gasteiger partial charge is 0.506 e. The number of halogens is 1. The van der Waals surface area contributed by atoms with Crippen LogP contribution < -0.4 is 10.6 Å². The first-order valence-electron chi connectivity index (χ1n) is 7.59. The average Bonchev–Trinajstić information content (AvgIpc) is 2.60. The second-order valence-electron chi connectivity index (χ2n) is 5.36. The quantitative estimate of drug-likeness (QED) is 0.666. The van der Waals surface area contributed by atoms with Crippen molar-refractivity contribution >= 4 is 30.1 Å². The fourth-order valence-electron chi connectivity index (χ4n) is 2.57. The van der Waals surface area contributed by atoms with Gasteiger partial charge in [-0.05, 0) is 48.8 Å². The van der Waals surface area contributed by atoms with Crippen LogP contribution in [0.2, 0.25) is 5.02 Å². The Morgan fingerprint density at radius 2 is 1.35 bits per heavy atom. The Morgan fingerprint density at radius 1 is 0.783 bits per heavy atom. The zero-order chi connectivity index (χ0) is 16.1. The van der Waals surface area contributed by atoms with Crippen molar-refractivity contribution in [2.45, 2.75) is 6.42 Å². The summed E-state index contributed by atoms with van der Waals surface area (Å²) in [4.78, 5) is 0. The molecule has 0 bridgehead atoms. The average molecular weight is 341 g/mol. The van der Waals surface area contributed by atoms with Crippen LogP contribution in [0.1, 0.15) is 5.56 Å². The standard InChI is InChI=1S/C20H18ClOP/c21-19-15-16(11-12-20(19)22)13-14-23(17-7-3-1-4-8-17)18-9-5-2-6-10-18/h1-12,15,22H,13-14H2. The van der Waals surface area contributed by atoms with E-state index in [-0.39, 0.29) is 5.75 Å². The van der Waals surface area contributed by atoms with Crippen molar-refractivity contribution in [1.82, 2.24) is 0 Å². The minimum Gasteiger partial charge on any atom is -0.506 e. The highest BCUT2D eigenvalue weighted by Gasteiger charge is 2.13. The number of hydrogen-bond acceptors (Lipinski definition) is 1. The van der Waals surface area contributed by atoms with Crippen LogP contribution in [0.25, 0.3) is 0 Å². The van der Waals surface area contributed by atoms with E-state index >= 15 is 0 Å². The van der Waals surface area contributed by atoms with Crippen LogP contribution in [0.3, 0.4) is 0 Å². The number of aryl methyl sites for hydroxylation is 1. The zero-order valence-corrected chi connectivity index (χ0v) is 14.3. The van der Waals surface area contributed by atoms with Crippen LogP contribution in [0.4, 0.5) is 0 Å². The summed E-state index contributed by atoms with van der Waals surface area (Å²) in [6.45, 7) is 0. The van der Waals surface area contributed by atoms with E-state index in [9.17, 15) is 5.11 Å². The Hall–Kier alpha value is -1.82. The molecule has 3 rings (SSSR count). The van der Waals surface area contributed by atoms with E-state index < -0.39 is 7.92 Å². The third-order valence-corrected chi connectivity index (χ3v) is 6.59. The molecule has 0 aromatic heterocycles. The van der Waals surface area contributed by atoms with Gasteiger partial charge in [0.1, 0.15) is 5.75 Å². The van der Waals surface area contributed by atoms with Gasteiger partial charge in [-0.25, -0.2) is 0 Å². The van der Waals surface area contributed by atoms with Gasteiger partial charge in [-0.15, -0.1) is 0 Å². The van der Waals surface area contributed by atoms with Crippen molar-refractivity contribution in [3.63, 3.8) is 0 Å². The maximum absolute atomic E-state index is 9.55. The lowest BCUT2D eigenvalue weighted by Crippen LogP contribution is -2.14. The predicted molar refractivity (Wildman–Crippen MR) is 101 cm³/mol. The number of rotatable bonds is 5. The molecule has 3 aromatic carbocycles. The van der Waals surface area contributed by atoms with Crippen molar-refractivity contribution in [1.29, 1.82) is 0 Å². The molecule has 0 radical (unpaired) electrons. The second-order valence-corrected chi connectivity index (χ2v) is 8.10. The molecule has 0 amide bonds. The van der Waals surface area contributed by atoms with E-state index in [1.165, 1.54) is 10.6 Å². The number of benzene rings is 3. The normalized spacial score (nSPS) is 10.9. The first kappa shape index (κ1) is 16.1. The van der Waals surface area contributed by atoms with E-state index in [0.29, 0.717) is 5.02 Å². The smallest absolute Gasteiger partial charge is 0.134 e. The molecule has 0 saturated heterocycles. The summed E-state index contributed by atoms with van der Waals surface area (Å²) in [6.07, 6.45) is 2.00. The van der Waals surface area contributed by atoms with Crippen LogP contribution in [0.15, 0.2) is 78.9 Å². The summed E-state index contributed by atoms with van der Waals surface area (Å²) in [6, 6.07) is 26.8. The van der Waals surface area contributed by atoms with Crippen molar-refractivity contribution in [3.05, 3.63) is 89.4 Å². The molecule has 0 aliphatic heterocycles. The van der Waals surface area contributed by atoms with E-state index in [4.69, 9.17) is 11.6 Å². The SMILES string of the molecule is Oc1ccc(CCP(c2ccccc2)c2ccccc2)cc1Cl. The van der Waals surface area contributed by atoms with E-state index in [1.807, 2.05) is 12.1 Å². The molecule has 116 valence electrons. The van der Waals surface area contributed by atoms with E-state index in [2.05, 4.69) is 60.7 Å². The molecule has 0 fully saturated rings. The highest BCUT2D eigenvalue weighted by Crippen LogP contribution is 2.34. The Kier molecular flexibility index (Phi) is 5.33.